The number of hydrogen-bond donors (Lipinski definition) is 3. The molecule has 3 N–H and O–H groups in total. The van der Waals surface area contributed by atoms with Crippen LogP contribution in [0.3, 0.4) is 0 Å². The number of aromatic hydroxyl groups is 1. The van der Waals surface area contributed by atoms with Crippen LogP contribution < -0.4 is 15.4 Å². The van der Waals surface area contributed by atoms with Gasteiger partial charge in [-0.25, -0.2) is 0 Å². The average molecular weight is 350 g/mol. The molecule has 0 saturated heterocycles. The van der Waals surface area contributed by atoms with E-state index in [-0.39, 0.29) is 12.3 Å². The van der Waals surface area contributed by atoms with E-state index in [9.17, 15) is 14.7 Å². The van der Waals surface area contributed by atoms with Gasteiger partial charge in [-0.05, 0) is 29.8 Å². The van der Waals surface area contributed by atoms with Crippen LogP contribution in [0.5, 0.6) is 11.5 Å². The number of rotatable bonds is 4. The molecule has 132 valence electrons. The highest BCUT2D eigenvalue weighted by Crippen LogP contribution is 2.29. The SMILES string of the molecule is COc1ccc(CNC(=O)C(=O)Nc2cccc3c(O)cccc23)cc1. The zero-order chi connectivity index (χ0) is 18.5. The average Bonchev–Trinajstić information content (AvgIpc) is 2.67. The fraction of sp³-hybridized carbons (Fsp3) is 0.100. The molecule has 0 unspecified atom stereocenters. The number of hydrogen-bond acceptors (Lipinski definition) is 4. The number of carbonyl (C=O) groups is 2. The third-order valence-electron chi connectivity index (χ3n) is 3.97. The quantitative estimate of drug-likeness (QED) is 0.632. The van der Waals surface area contributed by atoms with Crippen molar-refractivity contribution in [3.05, 3.63) is 66.2 Å². The number of nitrogens with one attached hydrogen (secondary N) is 2. The Labute approximate surface area is 150 Å². The first-order valence-electron chi connectivity index (χ1n) is 8.01. The predicted octanol–water partition coefficient (Wildman–Crippen LogP) is 2.81. The zero-order valence-corrected chi connectivity index (χ0v) is 14.2. The van der Waals surface area contributed by atoms with E-state index in [4.69, 9.17) is 4.74 Å². The van der Waals surface area contributed by atoms with E-state index >= 15 is 0 Å². The molecule has 0 aliphatic rings. The number of carbonyl (C=O) groups excluding carboxylic acids is 2. The number of methoxy groups -OCH3 is 1. The molecule has 0 aromatic heterocycles. The van der Waals surface area contributed by atoms with Gasteiger partial charge in [0.25, 0.3) is 0 Å². The van der Waals surface area contributed by atoms with Crippen LogP contribution >= 0.6 is 0 Å². The minimum absolute atomic E-state index is 0.113. The molecular formula is C20H18N2O4. The van der Waals surface area contributed by atoms with Gasteiger partial charge in [0.15, 0.2) is 0 Å². The Hall–Kier alpha value is -3.54. The van der Waals surface area contributed by atoms with Crippen LogP contribution in [0, 0.1) is 0 Å². The lowest BCUT2D eigenvalue weighted by atomic mass is 10.1. The molecule has 0 spiro atoms. The van der Waals surface area contributed by atoms with Crippen molar-refractivity contribution in [2.75, 3.05) is 12.4 Å². The highest BCUT2D eigenvalue weighted by atomic mass is 16.5. The molecule has 3 rings (SSSR count). The summed E-state index contributed by atoms with van der Waals surface area (Å²) in [6.07, 6.45) is 0. The summed E-state index contributed by atoms with van der Waals surface area (Å²) in [6, 6.07) is 17.3. The number of amides is 2. The molecule has 6 nitrogen and oxygen atoms in total. The molecule has 2 amide bonds. The summed E-state index contributed by atoms with van der Waals surface area (Å²) in [4.78, 5) is 24.2. The van der Waals surface area contributed by atoms with Crippen molar-refractivity contribution >= 4 is 28.3 Å². The smallest absolute Gasteiger partial charge is 0.313 e. The lowest BCUT2D eigenvalue weighted by molar-refractivity contribution is -0.136. The summed E-state index contributed by atoms with van der Waals surface area (Å²) in [5, 5.41) is 16.3. The van der Waals surface area contributed by atoms with Crippen LogP contribution in [0.4, 0.5) is 5.69 Å². The normalized spacial score (nSPS) is 10.3. The van der Waals surface area contributed by atoms with E-state index < -0.39 is 11.8 Å². The second-order valence-electron chi connectivity index (χ2n) is 5.66. The summed E-state index contributed by atoms with van der Waals surface area (Å²) in [6.45, 7) is 0.229. The standard InChI is InChI=1S/C20H18N2O4/c1-26-14-10-8-13(9-11-14)12-21-19(24)20(25)22-17-6-2-5-16-15(17)4-3-7-18(16)23/h2-11,23H,12H2,1H3,(H,21,24)(H,22,25). The highest BCUT2D eigenvalue weighted by molar-refractivity contribution is 6.40. The molecule has 6 heteroatoms. The van der Waals surface area contributed by atoms with Crippen molar-refractivity contribution < 1.29 is 19.4 Å². The Morgan fingerprint density at radius 1 is 0.923 bits per heavy atom. The fourth-order valence-electron chi connectivity index (χ4n) is 2.59. The van der Waals surface area contributed by atoms with E-state index in [0.29, 0.717) is 16.5 Å². The van der Waals surface area contributed by atoms with Gasteiger partial charge in [-0.2, -0.15) is 0 Å². The van der Waals surface area contributed by atoms with Crippen LogP contribution in [0.1, 0.15) is 5.56 Å². The second kappa shape index (κ2) is 7.57. The number of ether oxygens (including phenoxy) is 1. The van der Waals surface area contributed by atoms with Crippen molar-refractivity contribution in [1.82, 2.24) is 5.32 Å². The third-order valence-corrected chi connectivity index (χ3v) is 3.97. The Balaban J connectivity index is 1.66. The molecular weight excluding hydrogens is 332 g/mol. The van der Waals surface area contributed by atoms with Gasteiger partial charge in [-0.3, -0.25) is 9.59 Å². The van der Waals surface area contributed by atoms with Crippen molar-refractivity contribution in [3.63, 3.8) is 0 Å². The maximum absolute atomic E-state index is 12.2. The van der Waals surface area contributed by atoms with Crippen molar-refractivity contribution in [2.45, 2.75) is 6.54 Å². The molecule has 0 fully saturated rings. The second-order valence-corrected chi connectivity index (χ2v) is 5.66. The molecule has 0 heterocycles. The Morgan fingerprint density at radius 3 is 2.35 bits per heavy atom. The molecule has 0 bridgehead atoms. The largest absolute Gasteiger partial charge is 0.507 e. The van der Waals surface area contributed by atoms with E-state index in [1.54, 1.807) is 55.6 Å². The monoisotopic (exact) mass is 350 g/mol. The number of anilines is 1. The van der Waals surface area contributed by atoms with E-state index in [1.165, 1.54) is 0 Å². The van der Waals surface area contributed by atoms with Gasteiger partial charge in [0.1, 0.15) is 11.5 Å². The summed E-state index contributed by atoms with van der Waals surface area (Å²) >= 11 is 0. The molecule has 3 aromatic carbocycles. The minimum atomic E-state index is -0.769. The van der Waals surface area contributed by atoms with Gasteiger partial charge in [0.2, 0.25) is 0 Å². The minimum Gasteiger partial charge on any atom is -0.507 e. The lowest BCUT2D eigenvalue weighted by Crippen LogP contribution is -2.35. The Kier molecular flexibility index (Phi) is 5.03. The number of phenols is 1. The molecule has 0 radical (unpaired) electrons. The first-order chi connectivity index (χ1) is 12.6. The summed E-state index contributed by atoms with van der Waals surface area (Å²) < 4.78 is 5.07. The van der Waals surface area contributed by atoms with Gasteiger partial charge in [0, 0.05) is 23.0 Å². The predicted molar refractivity (Wildman–Crippen MR) is 99.1 cm³/mol. The van der Waals surface area contributed by atoms with Crippen molar-refractivity contribution in [2.24, 2.45) is 0 Å². The van der Waals surface area contributed by atoms with Gasteiger partial charge in [-0.1, -0.05) is 36.4 Å². The maximum Gasteiger partial charge on any atom is 0.313 e. The van der Waals surface area contributed by atoms with Crippen molar-refractivity contribution in [1.29, 1.82) is 0 Å². The van der Waals surface area contributed by atoms with E-state index in [1.807, 2.05) is 12.1 Å². The van der Waals surface area contributed by atoms with E-state index in [2.05, 4.69) is 10.6 Å². The summed E-state index contributed by atoms with van der Waals surface area (Å²) in [7, 11) is 1.58. The number of fused-ring (bicyclic) bond motifs is 1. The molecule has 0 atom stereocenters. The molecule has 3 aromatic rings. The van der Waals surface area contributed by atoms with Gasteiger partial charge in [-0.15, -0.1) is 0 Å². The highest BCUT2D eigenvalue weighted by Gasteiger charge is 2.15. The van der Waals surface area contributed by atoms with Gasteiger partial charge >= 0.3 is 11.8 Å². The molecule has 0 aliphatic carbocycles. The Morgan fingerprint density at radius 2 is 1.62 bits per heavy atom. The number of benzene rings is 3. The fourth-order valence-corrected chi connectivity index (χ4v) is 2.59. The summed E-state index contributed by atoms with van der Waals surface area (Å²) in [5.74, 6) is -0.674. The summed E-state index contributed by atoms with van der Waals surface area (Å²) in [5.41, 5.74) is 1.31. The number of phenolic OH excluding ortho intramolecular Hbond substituents is 1. The molecule has 0 saturated carbocycles. The zero-order valence-electron chi connectivity index (χ0n) is 14.2. The van der Waals surface area contributed by atoms with Gasteiger partial charge < -0.3 is 20.5 Å². The Bertz CT molecular complexity index is 952. The topological polar surface area (TPSA) is 87.7 Å². The van der Waals surface area contributed by atoms with Gasteiger partial charge in [0.05, 0.1) is 7.11 Å². The van der Waals surface area contributed by atoms with Crippen LogP contribution in [0.25, 0.3) is 10.8 Å². The molecule has 26 heavy (non-hydrogen) atoms. The van der Waals surface area contributed by atoms with Crippen molar-refractivity contribution in [3.8, 4) is 11.5 Å². The van der Waals surface area contributed by atoms with Crippen LogP contribution in [-0.4, -0.2) is 24.0 Å². The van der Waals surface area contributed by atoms with Crippen LogP contribution in [-0.2, 0) is 16.1 Å². The first-order valence-corrected chi connectivity index (χ1v) is 8.01. The van der Waals surface area contributed by atoms with E-state index in [0.717, 1.165) is 11.3 Å². The van der Waals surface area contributed by atoms with Crippen LogP contribution in [0.15, 0.2) is 60.7 Å². The lowest BCUT2D eigenvalue weighted by Gasteiger charge is -2.10. The molecule has 0 aliphatic heterocycles. The van der Waals surface area contributed by atoms with Crippen LogP contribution in [0.2, 0.25) is 0 Å². The third kappa shape index (κ3) is 3.75. The maximum atomic E-state index is 12.2. The first kappa shape index (κ1) is 17.3.